The molecule has 0 aliphatic heterocycles. The number of hydrogen-bond acceptors (Lipinski definition) is 6. The van der Waals surface area contributed by atoms with Gasteiger partial charge in [-0.05, 0) is 74.1 Å². The molecule has 186 valence electrons. The Morgan fingerprint density at radius 3 is 2.31 bits per heavy atom. The molecule has 1 aliphatic carbocycles. The van der Waals surface area contributed by atoms with Gasteiger partial charge in [-0.15, -0.1) is 11.3 Å². The summed E-state index contributed by atoms with van der Waals surface area (Å²) in [6, 6.07) is 11.1. The summed E-state index contributed by atoms with van der Waals surface area (Å²) < 4.78 is 60.2. The first-order valence-corrected chi connectivity index (χ1v) is 13.5. The van der Waals surface area contributed by atoms with Gasteiger partial charge in [-0.2, -0.15) is 13.2 Å². The van der Waals surface area contributed by atoms with Gasteiger partial charge in [-0.3, -0.25) is 4.79 Å². The Morgan fingerprint density at radius 1 is 1.14 bits per heavy atom. The molecular formula is C24H25F3N4O2S2. The van der Waals surface area contributed by atoms with Crippen molar-refractivity contribution in [1.82, 2.24) is 4.98 Å². The maximum atomic E-state index is 13.4. The van der Waals surface area contributed by atoms with Gasteiger partial charge in [0, 0.05) is 27.3 Å². The highest BCUT2D eigenvalue weighted by Gasteiger charge is 2.32. The molecule has 2 aromatic heterocycles. The van der Waals surface area contributed by atoms with Crippen molar-refractivity contribution >= 4 is 32.8 Å². The second-order valence-corrected chi connectivity index (χ2v) is 12.1. The minimum atomic E-state index is -4.43. The number of benzene rings is 1. The van der Waals surface area contributed by atoms with Crippen molar-refractivity contribution in [3.63, 3.8) is 0 Å². The van der Waals surface area contributed by atoms with E-state index in [-0.39, 0.29) is 11.3 Å². The van der Waals surface area contributed by atoms with Crippen LogP contribution in [0.5, 0.6) is 0 Å². The molecule has 4 rings (SSSR count). The lowest BCUT2D eigenvalue weighted by Gasteiger charge is -2.30. The molecule has 1 atom stereocenters. The summed E-state index contributed by atoms with van der Waals surface area (Å²) in [4.78, 5) is 17.2. The van der Waals surface area contributed by atoms with Gasteiger partial charge < -0.3 is 11.1 Å². The standard InChI is InChI=1S/C24H25F3N4O2S2/c1-14-12-20(23(28)32)34-22(14)15-2-7-18(8-3-15)35(29,33)19-9-5-17(6-10-19)31-21-11-4-16(13-30-21)24(25,26)27/h2-4,7-8,11-13,17,19,29H,5-6,9-10H2,1H3,(H2,28,32)(H,30,31). The molecule has 6 nitrogen and oxygen atoms in total. The van der Waals surface area contributed by atoms with Crippen molar-refractivity contribution in [2.45, 2.75) is 55.0 Å². The number of alkyl halides is 3. The van der Waals surface area contributed by atoms with Crippen LogP contribution in [-0.4, -0.2) is 26.4 Å². The lowest BCUT2D eigenvalue weighted by Crippen LogP contribution is -2.32. The van der Waals surface area contributed by atoms with E-state index in [1.807, 2.05) is 19.1 Å². The number of primary amides is 1. The van der Waals surface area contributed by atoms with E-state index >= 15 is 0 Å². The van der Waals surface area contributed by atoms with E-state index in [1.165, 1.54) is 17.4 Å². The minimum absolute atomic E-state index is 0.00526. The Hall–Kier alpha value is -2.92. The topological polar surface area (TPSA) is 109 Å². The summed E-state index contributed by atoms with van der Waals surface area (Å²) in [6.45, 7) is 1.90. The predicted molar refractivity (Wildman–Crippen MR) is 131 cm³/mol. The van der Waals surface area contributed by atoms with E-state index in [9.17, 15) is 22.2 Å². The summed E-state index contributed by atoms with van der Waals surface area (Å²) in [5, 5.41) is 2.84. The monoisotopic (exact) mass is 522 g/mol. The number of aryl methyl sites for hydroxylation is 1. The van der Waals surface area contributed by atoms with E-state index in [4.69, 9.17) is 10.5 Å². The van der Waals surface area contributed by atoms with Gasteiger partial charge >= 0.3 is 6.18 Å². The number of halogens is 3. The SMILES string of the molecule is Cc1cc(C(N)=O)sc1-c1ccc(S(=N)(=O)C2CCC(Nc3ccc(C(F)(F)F)cn3)CC2)cc1. The summed E-state index contributed by atoms with van der Waals surface area (Å²) in [6.07, 6.45) is -1.20. The fraction of sp³-hybridized carbons (Fsp3) is 0.333. The Bertz CT molecular complexity index is 1310. The summed E-state index contributed by atoms with van der Waals surface area (Å²) >= 11 is 1.30. The van der Waals surface area contributed by atoms with Gasteiger partial charge in [0.1, 0.15) is 5.82 Å². The fourth-order valence-electron chi connectivity index (χ4n) is 4.29. The number of carbonyl (C=O) groups excluding carboxylic acids is 1. The number of aromatic nitrogens is 1. The Balaban J connectivity index is 1.39. The van der Waals surface area contributed by atoms with Crippen LogP contribution in [0, 0.1) is 11.7 Å². The smallest absolute Gasteiger partial charge is 0.367 e. The summed E-state index contributed by atoms with van der Waals surface area (Å²) in [5.74, 6) is -0.110. The molecule has 3 aromatic rings. The van der Waals surface area contributed by atoms with Gasteiger partial charge in [0.05, 0.1) is 20.2 Å². The number of amides is 1. The maximum Gasteiger partial charge on any atom is 0.417 e. The molecule has 4 N–H and O–H groups in total. The van der Waals surface area contributed by atoms with Crippen molar-refractivity contribution in [2.75, 3.05) is 5.32 Å². The molecule has 0 bridgehead atoms. The van der Waals surface area contributed by atoms with Gasteiger partial charge in [0.2, 0.25) is 0 Å². The lowest BCUT2D eigenvalue weighted by atomic mass is 9.95. The van der Waals surface area contributed by atoms with E-state index < -0.39 is 27.4 Å². The Kier molecular flexibility index (Phi) is 6.92. The number of anilines is 1. The first kappa shape index (κ1) is 25.2. The molecular weight excluding hydrogens is 497 g/mol. The van der Waals surface area contributed by atoms with Crippen molar-refractivity contribution < 1.29 is 22.2 Å². The Labute approximate surface area is 205 Å². The minimum Gasteiger partial charge on any atom is -0.367 e. The number of pyridine rings is 1. The second kappa shape index (κ2) is 9.62. The third-order valence-electron chi connectivity index (χ3n) is 6.21. The van der Waals surface area contributed by atoms with Crippen LogP contribution in [0.3, 0.4) is 0 Å². The van der Waals surface area contributed by atoms with Crippen molar-refractivity contribution in [3.05, 3.63) is 64.7 Å². The van der Waals surface area contributed by atoms with Gasteiger partial charge in [0.15, 0.2) is 0 Å². The van der Waals surface area contributed by atoms with Crippen LogP contribution in [-0.2, 0) is 15.9 Å². The molecule has 1 saturated carbocycles. The van der Waals surface area contributed by atoms with Crippen LogP contribution >= 0.6 is 11.3 Å². The van der Waals surface area contributed by atoms with Crippen molar-refractivity contribution in [2.24, 2.45) is 5.73 Å². The van der Waals surface area contributed by atoms with Crippen LogP contribution in [0.15, 0.2) is 53.6 Å². The zero-order valence-electron chi connectivity index (χ0n) is 18.9. The number of hydrogen-bond donors (Lipinski definition) is 3. The van der Waals surface area contributed by atoms with Gasteiger partial charge in [-0.25, -0.2) is 14.0 Å². The quantitative estimate of drug-likeness (QED) is 0.365. The molecule has 1 unspecified atom stereocenters. The van der Waals surface area contributed by atoms with Gasteiger partial charge in [0.25, 0.3) is 5.91 Å². The second-order valence-electron chi connectivity index (χ2n) is 8.66. The van der Waals surface area contributed by atoms with Crippen LogP contribution in [0.2, 0.25) is 0 Å². The van der Waals surface area contributed by atoms with Crippen molar-refractivity contribution in [3.8, 4) is 10.4 Å². The fourth-order valence-corrected chi connectivity index (χ4v) is 7.18. The molecule has 0 saturated heterocycles. The average molecular weight is 523 g/mol. The number of nitrogens with two attached hydrogens (primary N) is 1. The largest absolute Gasteiger partial charge is 0.417 e. The molecule has 2 heterocycles. The number of nitrogens with one attached hydrogen (secondary N) is 2. The third-order valence-corrected chi connectivity index (χ3v) is 9.90. The molecule has 1 aliphatic rings. The molecule has 35 heavy (non-hydrogen) atoms. The highest BCUT2D eigenvalue weighted by Crippen LogP contribution is 2.35. The zero-order valence-corrected chi connectivity index (χ0v) is 20.5. The summed E-state index contributed by atoms with van der Waals surface area (Å²) in [7, 11) is -3.04. The van der Waals surface area contributed by atoms with Crippen LogP contribution in [0.25, 0.3) is 10.4 Å². The van der Waals surface area contributed by atoms with E-state index in [0.717, 1.165) is 28.3 Å². The number of rotatable bonds is 6. The van der Waals surface area contributed by atoms with Crippen LogP contribution < -0.4 is 11.1 Å². The van der Waals surface area contributed by atoms with Crippen molar-refractivity contribution in [1.29, 1.82) is 4.78 Å². The third kappa shape index (κ3) is 5.51. The maximum absolute atomic E-state index is 13.4. The molecule has 0 spiro atoms. The molecule has 1 aromatic carbocycles. The highest BCUT2D eigenvalue weighted by atomic mass is 32.2. The predicted octanol–water partition coefficient (Wildman–Crippen LogP) is 6.07. The average Bonchev–Trinajstić information content (AvgIpc) is 3.21. The van der Waals surface area contributed by atoms with Crippen LogP contribution in [0.1, 0.15) is 46.5 Å². The molecule has 1 amide bonds. The van der Waals surface area contributed by atoms with Crippen LogP contribution in [0.4, 0.5) is 19.0 Å². The summed E-state index contributed by atoms with van der Waals surface area (Å²) in [5.41, 5.74) is 6.37. The van der Waals surface area contributed by atoms with E-state index in [2.05, 4.69) is 10.3 Å². The lowest BCUT2D eigenvalue weighted by molar-refractivity contribution is -0.137. The zero-order chi connectivity index (χ0) is 25.4. The molecule has 0 radical (unpaired) electrons. The van der Waals surface area contributed by atoms with E-state index in [1.54, 1.807) is 18.2 Å². The normalized spacial score (nSPS) is 20.2. The van der Waals surface area contributed by atoms with Gasteiger partial charge in [-0.1, -0.05) is 12.1 Å². The first-order valence-electron chi connectivity index (χ1n) is 11.0. The molecule has 11 heteroatoms. The van der Waals surface area contributed by atoms with E-state index in [0.29, 0.717) is 41.3 Å². The first-order chi connectivity index (χ1) is 16.4. The number of thiophene rings is 1. The number of nitrogens with zero attached hydrogens (tertiary/aromatic N) is 1. The Morgan fingerprint density at radius 2 is 1.80 bits per heavy atom. The highest BCUT2D eigenvalue weighted by molar-refractivity contribution is 7.93. The number of carbonyl (C=O) groups is 1. The molecule has 1 fully saturated rings.